The van der Waals surface area contributed by atoms with E-state index in [2.05, 4.69) is 15.0 Å². The number of rotatable bonds is 6. The molecule has 5 atom stereocenters. The van der Waals surface area contributed by atoms with Gasteiger partial charge in [-0.15, -0.1) is 0 Å². The first-order valence-electron chi connectivity index (χ1n) is 14.2. The monoisotopic (exact) mass is 506 g/mol. The van der Waals surface area contributed by atoms with Gasteiger partial charge in [0.1, 0.15) is 5.71 Å². The van der Waals surface area contributed by atoms with Crippen LogP contribution in [0.4, 0.5) is 0 Å². The average molecular weight is 507 g/mol. The van der Waals surface area contributed by atoms with Gasteiger partial charge in [-0.3, -0.25) is 14.5 Å². The van der Waals surface area contributed by atoms with Crippen LogP contribution < -0.4 is 5.56 Å². The molecule has 3 heterocycles. The topological polar surface area (TPSA) is 108 Å². The summed E-state index contributed by atoms with van der Waals surface area (Å²) >= 11 is 0. The molecule has 37 heavy (non-hydrogen) atoms. The number of carboxylic acids is 1. The molecule has 4 fully saturated rings. The highest BCUT2D eigenvalue weighted by Crippen LogP contribution is 2.47. The van der Waals surface area contributed by atoms with Crippen LogP contribution in [0.15, 0.2) is 34.2 Å². The fourth-order valence-electron chi connectivity index (χ4n) is 8.28. The Bertz CT molecular complexity index is 1230. The van der Waals surface area contributed by atoms with Gasteiger partial charge in [0.25, 0.3) is 5.56 Å². The lowest BCUT2D eigenvalue weighted by atomic mass is 9.68. The van der Waals surface area contributed by atoms with Crippen LogP contribution in [0.3, 0.4) is 0 Å². The highest BCUT2D eigenvalue weighted by molar-refractivity contribution is 6.00. The van der Waals surface area contributed by atoms with Crippen molar-refractivity contribution in [3.05, 3.63) is 40.3 Å². The summed E-state index contributed by atoms with van der Waals surface area (Å²) in [5.74, 6) is 0.786. The van der Waals surface area contributed by atoms with E-state index in [-0.39, 0.29) is 35.8 Å². The number of aromatic nitrogens is 2. The molecular formula is C29H38N4O4. The maximum absolute atomic E-state index is 13.9. The maximum Gasteiger partial charge on any atom is 0.303 e. The third-order valence-electron chi connectivity index (χ3n) is 9.66. The molecular weight excluding hydrogens is 468 g/mol. The minimum absolute atomic E-state index is 0.0401. The standard InChI is InChI=1S/C29H38N4O4/c34-27(35)12-11-25(31-37)28-29(36)33(26-10-2-1-9-24(26)30-28)23-16-20-7-4-8-21(17-23)32(20)22-14-18-5-3-6-19(13-18)15-22/h1-2,9-10,18-23,37H,3-8,11-17H2,(H,34,35)/t18?,19?,20-,21?,22?,23?/m0/s1. The van der Waals surface area contributed by atoms with Crippen LogP contribution in [-0.4, -0.2) is 54.6 Å². The molecule has 2 aliphatic carbocycles. The van der Waals surface area contributed by atoms with Gasteiger partial charge < -0.3 is 14.9 Å². The summed E-state index contributed by atoms with van der Waals surface area (Å²) in [5.41, 5.74) is 1.30. The number of fused-ring (bicyclic) bond motifs is 5. The Morgan fingerprint density at radius 1 is 0.892 bits per heavy atom. The molecule has 0 radical (unpaired) electrons. The molecule has 198 valence electrons. The van der Waals surface area contributed by atoms with Gasteiger partial charge in [-0.05, 0) is 68.9 Å². The van der Waals surface area contributed by atoms with Gasteiger partial charge in [0.15, 0.2) is 5.69 Å². The maximum atomic E-state index is 13.9. The van der Waals surface area contributed by atoms with Crippen LogP contribution in [0.1, 0.15) is 95.2 Å². The van der Waals surface area contributed by atoms with Crippen molar-refractivity contribution in [1.29, 1.82) is 0 Å². The van der Waals surface area contributed by atoms with E-state index in [1.165, 1.54) is 57.8 Å². The summed E-state index contributed by atoms with van der Waals surface area (Å²) in [6.45, 7) is 0. The van der Waals surface area contributed by atoms with Gasteiger partial charge in [-0.2, -0.15) is 0 Å². The summed E-state index contributed by atoms with van der Waals surface area (Å²) in [6.07, 6.45) is 13.6. The molecule has 2 saturated carbocycles. The Balaban J connectivity index is 1.34. The summed E-state index contributed by atoms with van der Waals surface area (Å²) < 4.78 is 1.89. The predicted molar refractivity (Wildman–Crippen MR) is 141 cm³/mol. The van der Waals surface area contributed by atoms with Crippen molar-refractivity contribution in [1.82, 2.24) is 14.5 Å². The number of carboxylic acid groups (broad SMARTS) is 1. The van der Waals surface area contributed by atoms with E-state index in [1.807, 2.05) is 28.8 Å². The molecule has 1 aromatic heterocycles. The molecule has 4 unspecified atom stereocenters. The van der Waals surface area contributed by atoms with Crippen molar-refractivity contribution in [2.45, 2.75) is 108 Å². The molecule has 8 nitrogen and oxygen atoms in total. The number of nitrogens with zero attached hydrogens (tertiary/aromatic N) is 4. The molecule has 4 bridgehead atoms. The second-order valence-electron chi connectivity index (χ2n) is 11.9. The zero-order chi connectivity index (χ0) is 25.5. The molecule has 0 amide bonds. The SMILES string of the molecule is O=C(O)CCC(=NO)c1nc2ccccc2n(C2CC3CCC[C@@H](C2)N3C2CC3CCCC(C3)C2)c1=O. The Morgan fingerprint density at radius 2 is 1.57 bits per heavy atom. The lowest BCUT2D eigenvalue weighted by molar-refractivity contribution is -0.136. The number of hydrogen-bond acceptors (Lipinski definition) is 6. The Morgan fingerprint density at radius 3 is 2.24 bits per heavy atom. The van der Waals surface area contributed by atoms with Crippen LogP contribution >= 0.6 is 0 Å². The molecule has 2 aliphatic heterocycles. The Hall–Kier alpha value is -2.74. The number of carbonyl (C=O) groups is 1. The first-order valence-corrected chi connectivity index (χ1v) is 14.2. The van der Waals surface area contributed by atoms with Crippen LogP contribution in [0, 0.1) is 11.8 Å². The number of piperidine rings is 2. The lowest BCUT2D eigenvalue weighted by Crippen LogP contribution is -2.58. The average Bonchev–Trinajstić information content (AvgIpc) is 2.88. The van der Waals surface area contributed by atoms with E-state index in [0.29, 0.717) is 23.6 Å². The zero-order valence-corrected chi connectivity index (χ0v) is 21.5. The second kappa shape index (κ2) is 10.2. The van der Waals surface area contributed by atoms with Gasteiger partial charge in [0.05, 0.1) is 17.5 Å². The number of aliphatic carboxylic acids is 1. The molecule has 2 saturated heterocycles. The molecule has 2 N–H and O–H groups in total. The normalized spacial score (nSPS) is 32.4. The van der Waals surface area contributed by atoms with Crippen LogP contribution in [0.25, 0.3) is 11.0 Å². The van der Waals surface area contributed by atoms with Crippen molar-refractivity contribution in [3.63, 3.8) is 0 Å². The van der Waals surface area contributed by atoms with Crippen LogP contribution in [0.2, 0.25) is 0 Å². The number of para-hydroxylation sites is 2. The van der Waals surface area contributed by atoms with E-state index in [9.17, 15) is 14.8 Å². The zero-order valence-electron chi connectivity index (χ0n) is 21.5. The largest absolute Gasteiger partial charge is 0.481 e. The van der Waals surface area contributed by atoms with Crippen molar-refractivity contribution in [2.75, 3.05) is 0 Å². The fraction of sp³-hybridized carbons (Fsp3) is 0.655. The van der Waals surface area contributed by atoms with Crippen molar-refractivity contribution < 1.29 is 15.1 Å². The number of oxime groups is 1. The molecule has 0 spiro atoms. The highest BCUT2D eigenvalue weighted by Gasteiger charge is 2.45. The number of hydrogen-bond donors (Lipinski definition) is 2. The summed E-state index contributed by atoms with van der Waals surface area (Å²) in [4.78, 5) is 32.5. The van der Waals surface area contributed by atoms with E-state index in [1.54, 1.807) is 0 Å². The van der Waals surface area contributed by atoms with Crippen LogP contribution in [0.5, 0.6) is 0 Å². The fourth-order valence-corrected chi connectivity index (χ4v) is 8.28. The number of benzene rings is 1. The van der Waals surface area contributed by atoms with Crippen molar-refractivity contribution in [3.8, 4) is 0 Å². The van der Waals surface area contributed by atoms with Gasteiger partial charge in [-0.25, -0.2) is 4.98 Å². The lowest BCUT2D eigenvalue weighted by Gasteiger charge is -2.55. The van der Waals surface area contributed by atoms with Gasteiger partial charge in [-0.1, -0.05) is 43.0 Å². The summed E-state index contributed by atoms with van der Waals surface area (Å²) in [5, 5.41) is 22.1. The minimum atomic E-state index is -1.01. The quantitative estimate of drug-likeness (QED) is 0.325. The molecule has 8 heteroatoms. The van der Waals surface area contributed by atoms with E-state index < -0.39 is 5.97 Å². The predicted octanol–water partition coefficient (Wildman–Crippen LogP) is 4.97. The first kappa shape index (κ1) is 24.6. The molecule has 2 aromatic rings. The molecule has 6 rings (SSSR count). The van der Waals surface area contributed by atoms with E-state index >= 15 is 0 Å². The van der Waals surface area contributed by atoms with Crippen molar-refractivity contribution >= 4 is 22.7 Å². The van der Waals surface area contributed by atoms with Crippen molar-refractivity contribution in [2.24, 2.45) is 17.0 Å². The van der Waals surface area contributed by atoms with E-state index in [4.69, 9.17) is 5.11 Å². The Labute approximate surface area is 217 Å². The Kier molecular flexibility index (Phi) is 6.78. The highest BCUT2D eigenvalue weighted by atomic mass is 16.4. The summed E-state index contributed by atoms with van der Waals surface area (Å²) in [7, 11) is 0. The third kappa shape index (κ3) is 4.69. The smallest absolute Gasteiger partial charge is 0.303 e. The third-order valence-corrected chi connectivity index (χ3v) is 9.66. The minimum Gasteiger partial charge on any atom is -0.481 e. The van der Waals surface area contributed by atoms with E-state index in [0.717, 1.165) is 30.2 Å². The van der Waals surface area contributed by atoms with Gasteiger partial charge in [0, 0.05) is 30.6 Å². The van der Waals surface area contributed by atoms with Crippen LogP contribution in [-0.2, 0) is 4.79 Å². The first-order chi connectivity index (χ1) is 18.0. The second-order valence-corrected chi connectivity index (χ2v) is 11.9. The van der Waals surface area contributed by atoms with Gasteiger partial charge >= 0.3 is 5.97 Å². The molecule has 4 aliphatic rings. The van der Waals surface area contributed by atoms with Gasteiger partial charge in [0.2, 0.25) is 0 Å². The molecule has 1 aromatic carbocycles. The summed E-state index contributed by atoms with van der Waals surface area (Å²) in [6, 6.07) is 9.35.